The minimum Gasteiger partial charge on any atom is -0.493 e. The summed E-state index contributed by atoms with van der Waals surface area (Å²) in [5, 5.41) is 2.91. The molecule has 0 radical (unpaired) electrons. The number of nitrogens with zero attached hydrogens (tertiary/aromatic N) is 1. The van der Waals surface area contributed by atoms with Crippen molar-refractivity contribution in [3.05, 3.63) is 47.7 Å². The number of carbonyl (C=O) groups excluding carboxylic acids is 1. The van der Waals surface area contributed by atoms with Crippen molar-refractivity contribution in [2.24, 2.45) is 0 Å². The van der Waals surface area contributed by atoms with E-state index in [-0.39, 0.29) is 12.0 Å². The molecule has 1 amide bonds. The van der Waals surface area contributed by atoms with Gasteiger partial charge in [0.2, 0.25) is 5.88 Å². The number of nitrogens with one attached hydrogen (secondary N) is 1. The molecule has 2 heterocycles. The van der Waals surface area contributed by atoms with Crippen molar-refractivity contribution < 1.29 is 19.0 Å². The molecule has 1 aliphatic rings. The second kappa shape index (κ2) is 9.50. The van der Waals surface area contributed by atoms with Crippen molar-refractivity contribution >= 4 is 17.7 Å². The summed E-state index contributed by atoms with van der Waals surface area (Å²) in [6.07, 6.45) is 3.53. The third-order valence-corrected chi connectivity index (χ3v) is 5.45. The summed E-state index contributed by atoms with van der Waals surface area (Å²) in [7, 11) is 3.21. The van der Waals surface area contributed by atoms with E-state index in [1.807, 2.05) is 30.0 Å². The molecular weight excluding hydrogens is 364 g/mol. The normalized spacial score (nSPS) is 16.0. The predicted molar refractivity (Wildman–Crippen MR) is 106 cm³/mol. The maximum absolute atomic E-state index is 12.3. The molecule has 0 spiro atoms. The third kappa shape index (κ3) is 5.29. The van der Waals surface area contributed by atoms with Crippen LogP contribution in [-0.2, 0) is 6.42 Å². The van der Waals surface area contributed by atoms with Crippen LogP contribution in [0.4, 0.5) is 0 Å². The number of thioether (sulfide) groups is 1. The monoisotopic (exact) mass is 388 g/mol. The Morgan fingerprint density at radius 3 is 2.74 bits per heavy atom. The van der Waals surface area contributed by atoms with Gasteiger partial charge < -0.3 is 19.5 Å². The van der Waals surface area contributed by atoms with Gasteiger partial charge in [-0.25, -0.2) is 4.98 Å². The molecule has 1 aromatic carbocycles. The number of carbonyl (C=O) groups is 1. The molecule has 1 unspecified atom stereocenters. The van der Waals surface area contributed by atoms with Crippen LogP contribution in [0.2, 0.25) is 0 Å². The Bertz CT molecular complexity index is 761. The van der Waals surface area contributed by atoms with Crippen molar-refractivity contribution in [2.75, 3.05) is 32.3 Å². The lowest BCUT2D eigenvalue weighted by molar-refractivity contribution is 0.0953. The lowest BCUT2D eigenvalue weighted by Crippen LogP contribution is -2.25. The van der Waals surface area contributed by atoms with Gasteiger partial charge in [0, 0.05) is 24.6 Å². The van der Waals surface area contributed by atoms with E-state index in [1.54, 1.807) is 32.5 Å². The number of aromatic nitrogens is 1. The SMILES string of the molecule is COc1ccc(CCNC(=O)c2ccc(OC3CCSC3)nc2)cc1OC. The predicted octanol–water partition coefficient (Wildman–Crippen LogP) is 2.96. The summed E-state index contributed by atoms with van der Waals surface area (Å²) in [6, 6.07) is 9.24. The summed E-state index contributed by atoms with van der Waals surface area (Å²) >= 11 is 1.89. The van der Waals surface area contributed by atoms with Gasteiger partial charge in [0.25, 0.3) is 5.91 Å². The fraction of sp³-hybridized carbons (Fsp3) is 0.400. The zero-order valence-electron chi connectivity index (χ0n) is 15.6. The summed E-state index contributed by atoms with van der Waals surface area (Å²) in [5.74, 6) is 3.93. The lowest BCUT2D eigenvalue weighted by atomic mass is 10.1. The molecule has 7 heteroatoms. The highest BCUT2D eigenvalue weighted by Crippen LogP contribution is 2.27. The summed E-state index contributed by atoms with van der Waals surface area (Å²) in [5.41, 5.74) is 1.58. The molecule has 3 rings (SSSR count). The topological polar surface area (TPSA) is 69.7 Å². The van der Waals surface area contributed by atoms with Gasteiger partial charge in [-0.05, 0) is 42.4 Å². The number of rotatable bonds is 8. The molecule has 1 atom stereocenters. The second-order valence-corrected chi connectivity index (χ2v) is 7.33. The zero-order valence-corrected chi connectivity index (χ0v) is 16.4. The average molecular weight is 388 g/mol. The van der Waals surface area contributed by atoms with Gasteiger partial charge in [-0.1, -0.05) is 6.07 Å². The summed E-state index contributed by atoms with van der Waals surface area (Å²) in [6.45, 7) is 0.520. The average Bonchev–Trinajstić information content (AvgIpc) is 3.21. The number of hydrogen-bond donors (Lipinski definition) is 1. The van der Waals surface area contributed by atoms with Gasteiger partial charge in [0.15, 0.2) is 11.5 Å². The van der Waals surface area contributed by atoms with Crippen molar-refractivity contribution in [3.8, 4) is 17.4 Å². The molecular formula is C20H24N2O4S. The first-order chi connectivity index (χ1) is 13.2. The molecule has 27 heavy (non-hydrogen) atoms. The highest BCUT2D eigenvalue weighted by atomic mass is 32.2. The molecule has 6 nitrogen and oxygen atoms in total. The maximum atomic E-state index is 12.3. The first-order valence-corrected chi connectivity index (χ1v) is 10.0. The van der Waals surface area contributed by atoms with Gasteiger partial charge in [-0.3, -0.25) is 4.79 Å². The van der Waals surface area contributed by atoms with E-state index >= 15 is 0 Å². The van der Waals surface area contributed by atoms with Crippen LogP contribution in [0.5, 0.6) is 17.4 Å². The van der Waals surface area contributed by atoms with E-state index in [4.69, 9.17) is 14.2 Å². The van der Waals surface area contributed by atoms with Crippen molar-refractivity contribution in [2.45, 2.75) is 18.9 Å². The van der Waals surface area contributed by atoms with E-state index < -0.39 is 0 Å². The Balaban J connectivity index is 1.49. The van der Waals surface area contributed by atoms with E-state index in [0.29, 0.717) is 35.9 Å². The Hall–Kier alpha value is -2.41. The second-order valence-electron chi connectivity index (χ2n) is 6.18. The number of hydrogen-bond acceptors (Lipinski definition) is 6. The van der Waals surface area contributed by atoms with E-state index in [2.05, 4.69) is 10.3 Å². The van der Waals surface area contributed by atoms with Crippen LogP contribution in [0.15, 0.2) is 36.5 Å². The molecule has 1 fully saturated rings. The molecule has 0 saturated carbocycles. The maximum Gasteiger partial charge on any atom is 0.252 e. The third-order valence-electron chi connectivity index (χ3n) is 4.32. The minimum absolute atomic E-state index is 0.147. The molecule has 1 aliphatic heterocycles. The number of methoxy groups -OCH3 is 2. The molecule has 144 valence electrons. The van der Waals surface area contributed by atoms with Crippen LogP contribution in [0.25, 0.3) is 0 Å². The van der Waals surface area contributed by atoms with Crippen LogP contribution < -0.4 is 19.5 Å². The summed E-state index contributed by atoms with van der Waals surface area (Å²) in [4.78, 5) is 16.5. The summed E-state index contributed by atoms with van der Waals surface area (Å²) < 4.78 is 16.3. The number of pyridine rings is 1. The minimum atomic E-state index is -0.147. The van der Waals surface area contributed by atoms with Crippen molar-refractivity contribution in [3.63, 3.8) is 0 Å². The Labute approximate surface area is 163 Å². The van der Waals surface area contributed by atoms with Gasteiger partial charge >= 0.3 is 0 Å². The fourth-order valence-corrected chi connectivity index (χ4v) is 3.91. The van der Waals surface area contributed by atoms with Crippen LogP contribution >= 0.6 is 11.8 Å². The van der Waals surface area contributed by atoms with Crippen LogP contribution in [0.1, 0.15) is 22.3 Å². The Morgan fingerprint density at radius 1 is 1.22 bits per heavy atom. The van der Waals surface area contributed by atoms with Gasteiger partial charge in [-0.15, -0.1) is 0 Å². The van der Waals surface area contributed by atoms with Crippen molar-refractivity contribution in [1.29, 1.82) is 0 Å². The highest BCUT2D eigenvalue weighted by Gasteiger charge is 2.17. The molecule has 1 N–H and O–H groups in total. The molecule has 0 bridgehead atoms. The van der Waals surface area contributed by atoms with E-state index in [1.165, 1.54) is 0 Å². The van der Waals surface area contributed by atoms with Crippen molar-refractivity contribution in [1.82, 2.24) is 10.3 Å². The quantitative estimate of drug-likeness (QED) is 0.750. The Morgan fingerprint density at radius 2 is 2.07 bits per heavy atom. The van der Waals surface area contributed by atoms with Crippen LogP contribution in [0.3, 0.4) is 0 Å². The molecule has 1 aromatic heterocycles. The molecule has 1 saturated heterocycles. The lowest BCUT2D eigenvalue weighted by Gasteiger charge is -2.12. The van der Waals surface area contributed by atoms with Gasteiger partial charge in [0.05, 0.1) is 19.8 Å². The fourth-order valence-electron chi connectivity index (χ4n) is 2.82. The van der Waals surface area contributed by atoms with Gasteiger partial charge in [0.1, 0.15) is 6.10 Å². The zero-order chi connectivity index (χ0) is 19.1. The first-order valence-electron chi connectivity index (χ1n) is 8.89. The van der Waals surface area contributed by atoms with E-state index in [0.717, 1.165) is 23.5 Å². The van der Waals surface area contributed by atoms with Crippen LogP contribution in [0, 0.1) is 0 Å². The molecule has 2 aromatic rings. The number of ether oxygens (including phenoxy) is 3. The van der Waals surface area contributed by atoms with Crippen LogP contribution in [-0.4, -0.2) is 49.3 Å². The Kier molecular flexibility index (Phi) is 6.81. The van der Waals surface area contributed by atoms with Gasteiger partial charge in [-0.2, -0.15) is 11.8 Å². The highest BCUT2D eigenvalue weighted by molar-refractivity contribution is 7.99. The van der Waals surface area contributed by atoms with E-state index in [9.17, 15) is 4.79 Å². The standard InChI is InChI=1S/C20H24N2O4S/c1-24-17-5-3-14(11-18(17)25-2)7-9-21-20(23)15-4-6-19(22-12-15)26-16-8-10-27-13-16/h3-6,11-12,16H,7-10,13H2,1-2H3,(H,21,23). The number of amides is 1. The first kappa shape index (κ1) is 19.4. The molecule has 0 aliphatic carbocycles. The largest absolute Gasteiger partial charge is 0.493 e. The smallest absolute Gasteiger partial charge is 0.252 e. The number of benzene rings is 1.